The smallest absolute Gasteiger partial charge is 0.251 e. The molecule has 3 aromatic heterocycles. The average molecular weight is 325 g/mol. The van der Waals surface area contributed by atoms with E-state index in [4.69, 9.17) is 5.73 Å². The molecule has 0 spiro atoms. The Bertz CT molecular complexity index is 820. The van der Waals surface area contributed by atoms with Gasteiger partial charge in [-0.15, -0.1) is 11.3 Å². The summed E-state index contributed by atoms with van der Waals surface area (Å²) in [4.78, 5) is 17.7. The molecule has 0 saturated carbocycles. The number of hydrogen-bond donors (Lipinski definition) is 1. The van der Waals surface area contributed by atoms with E-state index < -0.39 is 5.91 Å². The lowest BCUT2D eigenvalue weighted by atomic mass is 10.0. The van der Waals surface area contributed by atoms with Gasteiger partial charge in [0.15, 0.2) is 0 Å². The van der Waals surface area contributed by atoms with Crippen LogP contribution in [0.4, 0.5) is 0 Å². The molecule has 0 aliphatic rings. The fourth-order valence-corrected chi connectivity index (χ4v) is 3.72. The lowest BCUT2D eigenvalue weighted by Crippen LogP contribution is -2.14. The Morgan fingerprint density at radius 3 is 2.65 bits per heavy atom. The molecule has 0 unspecified atom stereocenters. The fourth-order valence-electron chi connectivity index (χ4n) is 3.02. The van der Waals surface area contributed by atoms with Gasteiger partial charge in [0.2, 0.25) is 0 Å². The van der Waals surface area contributed by atoms with E-state index >= 15 is 0 Å². The van der Waals surface area contributed by atoms with Gasteiger partial charge in [-0.2, -0.15) is 0 Å². The van der Waals surface area contributed by atoms with Crippen LogP contribution in [0.2, 0.25) is 0 Å². The summed E-state index contributed by atoms with van der Waals surface area (Å²) >= 11 is 1.75. The van der Waals surface area contributed by atoms with Crippen molar-refractivity contribution in [3.63, 3.8) is 0 Å². The van der Waals surface area contributed by atoms with E-state index in [2.05, 4.69) is 27.1 Å². The van der Waals surface area contributed by atoms with Crippen molar-refractivity contribution in [2.24, 2.45) is 5.73 Å². The second-order valence-electron chi connectivity index (χ2n) is 5.48. The summed E-state index contributed by atoms with van der Waals surface area (Å²) < 4.78 is 2.17. The van der Waals surface area contributed by atoms with Gasteiger partial charge in [-0.3, -0.25) is 9.78 Å². The number of carbonyl (C=O) groups is 1. The lowest BCUT2D eigenvalue weighted by molar-refractivity contribution is 0.1000. The van der Waals surface area contributed by atoms with Gasteiger partial charge < -0.3 is 10.3 Å². The zero-order valence-corrected chi connectivity index (χ0v) is 14.1. The summed E-state index contributed by atoms with van der Waals surface area (Å²) in [7, 11) is 0. The molecule has 118 valence electrons. The predicted octanol–water partition coefficient (Wildman–Crippen LogP) is 3.57. The first-order chi connectivity index (χ1) is 11.1. The van der Waals surface area contributed by atoms with Crippen molar-refractivity contribution in [1.29, 1.82) is 0 Å². The zero-order valence-electron chi connectivity index (χ0n) is 13.2. The normalized spacial score (nSPS) is 10.9. The first-order valence-electron chi connectivity index (χ1n) is 7.53. The van der Waals surface area contributed by atoms with Crippen molar-refractivity contribution >= 4 is 17.2 Å². The monoisotopic (exact) mass is 325 g/mol. The Morgan fingerprint density at radius 2 is 2.04 bits per heavy atom. The number of hydrogen-bond acceptors (Lipinski definition) is 3. The number of primary amides is 1. The number of rotatable bonds is 5. The molecule has 4 nitrogen and oxygen atoms in total. The average Bonchev–Trinajstić information content (AvgIpc) is 3.13. The van der Waals surface area contributed by atoms with Crippen molar-refractivity contribution in [1.82, 2.24) is 9.55 Å². The number of nitrogens with two attached hydrogens (primary N) is 1. The van der Waals surface area contributed by atoms with E-state index in [1.807, 2.05) is 32.0 Å². The topological polar surface area (TPSA) is 60.9 Å². The van der Waals surface area contributed by atoms with Crippen molar-refractivity contribution in [2.75, 3.05) is 0 Å². The van der Waals surface area contributed by atoms with E-state index in [-0.39, 0.29) is 0 Å². The van der Waals surface area contributed by atoms with Gasteiger partial charge in [-0.1, -0.05) is 12.1 Å². The molecule has 3 heterocycles. The Kier molecular flexibility index (Phi) is 4.30. The second kappa shape index (κ2) is 6.38. The highest BCUT2D eigenvalue weighted by Gasteiger charge is 2.23. The van der Waals surface area contributed by atoms with Gasteiger partial charge in [0.05, 0.1) is 11.3 Å². The lowest BCUT2D eigenvalue weighted by Gasteiger charge is -2.09. The van der Waals surface area contributed by atoms with E-state index in [0.717, 1.165) is 35.6 Å². The van der Waals surface area contributed by atoms with Crippen LogP contribution in [-0.4, -0.2) is 15.5 Å². The largest absolute Gasteiger partial charge is 0.366 e. The van der Waals surface area contributed by atoms with Gasteiger partial charge in [0.1, 0.15) is 0 Å². The minimum absolute atomic E-state index is 0.402. The predicted molar refractivity (Wildman–Crippen MR) is 93.7 cm³/mol. The van der Waals surface area contributed by atoms with Crippen LogP contribution in [0.25, 0.3) is 11.3 Å². The number of thiophene rings is 1. The number of nitrogens with zero attached hydrogens (tertiary/aromatic N) is 2. The number of aryl methyl sites for hydroxylation is 1. The molecule has 3 rings (SSSR count). The number of carbonyl (C=O) groups excluding carboxylic acids is 1. The third kappa shape index (κ3) is 2.92. The van der Waals surface area contributed by atoms with Crippen LogP contribution in [0.5, 0.6) is 0 Å². The number of amides is 1. The Balaban J connectivity index is 2.05. The quantitative estimate of drug-likeness (QED) is 0.779. The molecule has 0 aromatic carbocycles. The third-order valence-electron chi connectivity index (χ3n) is 4.11. The number of aromatic nitrogens is 2. The maximum atomic E-state index is 12.0. The molecule has 0 aliphatic carbocycles. The highest BCUT2D eigenvalue weighted by Crippen LogP contribution is 2.31. The van der Waals surface area contributed by atoms with Crippen LogP contribution in [0.15, 0.2) is 41.9 Å². The maximum Gasteiger partial charge on any atom is 0.251 e. The zero-order chi connectivity index (χ0) is 16.4. The number of pyridine rings is 1. The van der Waals surface area contributed by atoms with Gasteiger partial charge in [0.25, 0.3) is 5.91 Å². The van der Waals surface area contributed by atoms with Crippen LogP contribution in [-0.2, 0) is 13.0 Å². The maximum absolute atomic E-state index is 12.0. The van der Waals surface area contributed by atoms with Gasteiger partial charge in [-0.25, -0.2) is 0 Å². The molecule has 3 aromatic rings. The van der Waals surface area contributed by atoms with Crippen molar-refractivity contribution in [3.8, 4) is 11.3 Å². The van der Waals surface area contributed by atoms with Crippen LogP contribution < -0.4 is 5.73 Å². The first-order valence-corrected chi connectivity index (χ1v) is 8.41. The molecule has 0 atom stereocenters. The van der Waals surface area contributed by atoms with E-state index in [1.54, 1.807) is 17.5 Å². The molecule has 2 N–H and O–H groups in total. The van der Waals surface area contributed by atoms with Crippen molar-refractivity contribution in [2.45, 2.75) is 26.8 Å². The van der Waals surface area contributed by atoms with Gasteiger partial charge in [-0.05, 0) is 43.8 Å². The minimum atomic E-state index is -0.402. The van der Waals surface area contributed by atoms with Crippen LogP contribution in [0.1, 0.15) is 26.6 Å². The molecule has 23 heavy (non-hydrogen) atoms. The SMILES string of the molecule is Cc1c(C(N)=O)c(-c2ccccn2)c(C)n1CCc1cccs1. The molecule has 0 fully saturated rings. The molecule has 0 bridgehead atoms. The summed E-state index contributed by atoms with van der Waals surface area (Å²) in [5.41, 5.74) is 9.80. The fraction of sp³-hybridized carbons (Fsp3) is 0.222. The minimum Gasteiger partial charge on any atom is -0.366 e. The van der Waals surface area contributed by atoms with E-state index in [9.17, 15) is 4.79 Å². The molecular weight excluding hydrogens is 306 g/mol. The molecule has 0 radical (unpaired) electrons. The summed E-state index contributed by atoms with van der Waals surface area (Å²) in [6.07, 6.45) is 2.67. The standard InChI is InChI=1S/C18H19N3OS/c1-12-16(15-7-3-4-9-20-15)17(18(19)22)13(2)21(12)10-8-14-6-5-11-23-14/h3-7,9,11H,8,10H2,1-2H3,(H2,19,22). The summed E-state index contributed by atoms with van der Waals surface area (Å²) in [5.74, 6) is -0.402. The van der Waals surface area contributed by atoms with Crippen LogP contribution in [0, 0.1) is 13.8 Å². The Morgan fingerprint density at radius 1 is 1.22 bits per heavy atom. The second-order valence-corrected chi connectivity index (χ2v) is 6.51. The summed E-state index contributed by atoms with van der Waals surface area (Å²) in [5, 5.41) is 2.08. The summed E-state index contributed by atoms with van der Waals surface area (Å²) in [6, 6.07) is 9.89. The third-order valence-corrected chi connectivity index (χ3v) is 5.05. The first kappa shape index (κ1) is 15.5. The van der Waals surface area contributed by atoms with Gasteiger partial charge >= 0.3 is 0 Å². The molecule has 0 aliphatic heterocycles. The Hall–Kier alpha value is -2.40. The Labute approximate surface area is 139 Å². The van der Waals surface area contributed by atoms with E-state index in [0.29, 0.717) is 5.56 Å². The summed E-state index contributed by atoms with van der Waals surface area (Å²) in [6.45, 7) is 4.80. The highest BCUT2D eigenvalue weighted by molar-refractivity contribution is 7.09. The van der Waals surface area contributed by atoms with Crippen molar-refractivity contribution in [3.05, 3.63) is 63.7 Å². The molecule has 5 heteroatoms. The van der Waals surface area contributed by atoms with E-state index in [1.165, 1.54) is 4.88 Å². The molecule has 1 amide bonds. The van der Waals surface area contributed by atoms with Crippen molar-refractivity contribution < 1.29 is 4.79 Å². The van der Waals surface area contributed by atoms with Crippen LogP contribution in [0.3, 0.4) is 0 Å². The molecular formula is C18H19N3OS. The highest BCUT2D eigenvalue weighted by atomic mass is 32.1. The molecule has 0 saturated heterocycles. The van der Waals surface area contributed by atoms with Gasteiger partial charge in [0, 0.05) is 34.6 Å². The van der Waals surface area contributed by atoms with Crippen LogP contribution >= 0.6 is 11.3 Å².